The van der Waals surface area contributed by atoms with Gasteiger partial charge in [-0.3, -0.25) is 9.59 Å². The molecule has 0 bridgehead atoms. The number of nitrogens with one attached hydrogen (secondary N) is 2. The predicted octanol–water partition coefficient (Wildman–Crippen LogP) is 4.01. The lowest BCUT2D eigenvalue weighted by atomic mass is 10.1. The Balaban J connectivity index is 1.83. The molecule has 2 amide bonds. The molecule has 0 saturated carbocycles. The minimum Gasteiger partial charge on any atom is -0.494 e. The molecule has 0 heterocycles. The Morgan fingerprint density at radius 1 is 0.893 bits per heavy atom. The molecule has 0 fully saturated rings. The van der Waals surface area contributed by atoms with Crippen molar-refractivity contribution in [2.45, 2.75) is 27.2 Å². The summed E-state index contributed by atoms with van der Waals surface area (Å²) in [6, 6.07) is 14.5. The molecule has 28 heavy (non-hydrogen) atoms. The summed E-state index contributed by atoms with van der Waals surface area (Å²) in [5.41, 5.74) is 2.15. The average Bonchev–Trinajstić information content (AvgIpc) is 2.73. The van der Waals surface area contributed by atoms with Crippen molar-refractivity contribution in [3.63, 3.8) is 0 Å². The minimum atomic E-state index is -0.148. The van der Waals surface area contributed by atoms with E-state index in [0.717, 1.165) is 23.5 Å². The normalized spacial score (nSPS) is 10.2. The van der Waals surface area contributed by atoms with Gasteiger partial charge in [-0.2, -0.15) is 0 Å². The van der Waals surface area contributed by atoms with Gasteiger partial charge in [-0.05, 0) is 68.8 Å². The number of hydrogen-bond donors (Lipinski definition) is 2. The summed E-state index contributed by atoms with van der Waals surface area (Å²) in [5.74, 6) is 0.656. The van der Waals surface area contributed by atoms with Crippen LogP contribution in [0.3, 0.4) is 0 Å². The second kappa shape index (κ2) is 11.0. The lowest BCUT2D eigenvalue weighted by molar-refractivity contribution is -0.114. The number of hydrogen-bond acceptors (Lipinski definition) is 4. The number of rotatable bonds is 10. The Morgan fingerprint density at radius 2 is 1.50 bits per heavy atom. The molecule has 2 aromatic rings. The summed E-state index contributed by atoms with van der Waals surface area (Å²) in [7, 11) is 0. The van der Waals surface area contributed by atoms with E-state index < -0.39 is 0 Å². The Kier molecular flexibility index (Phi) is 8.34. The predicted molar refractivity (Wildman–Crippen MR) is 113 cm³/mol. The number of carbonyl (C=O) groups is 2. The maximum atomic E-state index is 12.3. The maximum absolute atomic E-state index is 12.3. The lowest BCUT2D eigenvalue weighted by Crippen LogP contribution is -2.30. The van der Waals surface area contributed by atoms with Crippen LogP contribution in [0.1, 0.15) is 37.6 Å². The minimum absolute atomic E-state index is 0.0145. The van der Waals surface area contributed by atoms with Crippen molar-refractivity contribution in [1.29, 1.82) is 0 Å². The summed E-state index contributed by atoms with van der Waals surface area (Å²) in [4.78, 5) is 26.2. The zero-order valence-corrected chi connectivity index (χ0v) is 16.8. The summed E-state index contributed by atoms with van der Waals surface area (Å²) < 4.78 is 5.52. The van der Waals surface area contributed by atoms with Crippen LogP contribution >= 0.6 is 0 Å². The SMILES string of the molecule is CCCOc1ccc(NC(=O)CNc2ccc(C(=O)N(CC)CC)cc2)cc1. The molecule has 0 radical (unpaired) electrons. The van der Waals surface area contributed by atoms with E-state index in [1.54, 1.807) is 17.0 Å². The van der Waals surface area contributed by atoms with Crippen molar-refractivity contribution >= 4 is 23.2 Å². The lowest BCUT2D eigenvalue weighted by Gasteiger charge is -2.18. The van der Waals surface area contributed by atoms with Crippen molar-refractivity contribution in [2.24, 2.45) is 0 Å². The third kappa shape index (κ3) is 6.30. The summed E-state index contributed by atoms with van der Waals surface area (Å²) >= 11 is 0. The number of nitrogens with zero attached hydrogens (tertiary/aromatic N) is 1. The molecular formula is C22H29N3O3. The van der Waals surface area contributed by atoms with Gasteiger partial charge in [0, 0.05) is 30.0 Å². The molecule has 6 nitrogen and oxygen atoms in total. The number of anilines is 2. The van der Waals surface area contributed by atoms with E-state index in [-0.39, 0.29) is 18.4 Å². The van der Waals surface area contributed by atoms with E-state index in [2.05, 4.69) is 17.6 Å². The molecular weight excluding hydrogens is 354 g/mol. The highest BCUT2D eigenvalue weighted by Crippen LogP contribution is 2.16. The highest BCUT2D eigenvalue weighted by molar-refractivity contribution is 5.95. The van der Waals surface area contributed by atoms with Crippen LogP contribution < -0.4 is 15.4 Å². The monoisotopic (exact) mass is 383 g/mol. The number of ether oxygens (including phenoxy) is 1. The van der Waals surface area contributed by atoms with Gasteiger partial charge >= 0.3 is 0 Å². The molecule has 2 aromatic carbocycles. The molecule has 2 rings (SSSR count). The van der Waals surface area contributed by atoms with Gasteiger partial charge in [-0.25, -0.2) is 0 Å². The summed E-state index contributed by atoms with van der Waals surface area (Å²) in [5, 5.41) is 5.90. The van der Waals surface area contributed by atoms with Crippen LogP contribution in [0.15, 0.2) is 48.5 Å². The second-order valence-electron chi connectivity index (χ2n) is 6.33. The standard InChI is InChI=1S/C22H29N3O3/c1-4-15-28-20-13-11-19(12-14-20)24-21(26)16-23-18-9-7-17(8-10-18)22(27)25(5-2)6-3/h7-14,23H,4-6,15-16H2,1-3H3,(H,24,26). The fraction of sp³-hybridized carbons (Fsp3) is 0.364. The zero-order chi connectivity index (χ0) is 20.4. The van der Waals surface area contributed by atoms with Crippen LogP contribution in [0.5, 0.6) is 5.75 Å². The molecule has 2 N–H and O–H groups in total. The van der Waals surface area contributed by atoms with Crippen LogP contribution in [0, 0.1) is 0 Å². The molecule has 0 unspecified atom stereocenters. The highest BCUT2D eigenvalue weighted by Gasteiger charge is 2.12. The second-order valence-corrected chi connectivity index (χ2v) is 6.33. The molecule has 0 atom stereocenters. The van der Waals surface area contributed by atoms with E-state index in [0.29, 0.717) is 25.3 Å². The quantitative estimate of drug-likeness (QED) is 0.650. The third-order valence-corrected chi connectivity index (χ3v) is 4.25. The molecule has 150 valence electrons. The Labute approximate surface area is 166 Å². The van der Waals surface area contributed by atoms with Crippen LogP contribution in [0.4, 0.5) is 11.4 Å². The first-order chi connectivity index (χ1) is 13.6. The molecule has 0 aromatic heterocycles. The van der Waals surface area contributed by atoms with E-state index in [1.807, 2.05) is 50.2 Å². The zero-order valence-electron chi connectivity index (χ0n) is 16.8. The fourth-order valence-corrected chi connectivity index (χ4v) is 2.67. The Morgan fingerprint density at radius 3 is 2.07 bits per heavy atom. The summed E-state index contributed by atoms with van der Waals surface area (Å²) in [6.45, 7) is 8.15. The van der Waals surface area contributed by atoms with Gasteiger partial charge in [0.05, 0.1) is 13.2 Å². The number of benzene rings is 2. The molecule has 6 heteroatoms. The van der Waals surface area contributed by atoms with E-state index >= 15 is 0 Å². The average molecular weight is 383 g/mol. The van der Waals surface area contributed by atoms with Gasteiger partial charge in [-0.1, -0.05) is 6.92 Å². The summed E-state index contributed by atoms with van der Waals surface area (Å²) in [6.07, 6.45) is 0.953. The van der Waals surface area contributed by atoms with Gasteiger partial charge in [0.25, 0.3) is 5.91 Å². The fourth-order valence-electron chi connectivity index (χ4n) is 2.67. The van der Waals surface area contributed by atoms with Gasteiger partial charge in [0.2, 0.25) is 5.91 Å². The van der Waals surface area contributed by atoms with E-state index in [9.17, 15) is 9.59 Å². The van der Waals surface area contributed by atoms with Crippen LogP contribution in [0.2, 0.25) is 0 Å². The Hall–Kier alpha value is -3.02. The van der Waals surface area contributed by atoms with Gasteiger partial charge in [0.1, 0.15) is 5.75 Å². The number of carbonyl (C=O) groups excluding carboxylic acids is 2. The Bertz CT molecular complexity index is 754. The van der Waals surface area contributed by atoms with Gasteiger partial charge in [-0.15, -0.1) is 0 Å². The van der Waals surface area contributed by atoms with Crippen LogP contribution in [-0.4, -0.2) is 43.0 Å². The van der Waals surface area contributed by atoms with E-state index in [4.69, 9.17) is 4.74 Å². The van der Waals surface area contributed by atoms with Crippen molar-refractivity contribution in [3.05, 3.63) is 54.1 Å². The van der Waals surface area contributed by atoms with Crippen molar-refractivity contribution in [1.82, 2.24) is 4.90 Å². The number of amides is 2. The maximum Gasteiger partial charge on any atom is 0.253 e. The first-order valence-corrected chi connectivity index (χ1v) is 9.73. The van der Waals surface area contributed by atoms with Gasteiger partial charge < -0.3 is 20.3 Å². The van der Waals surface area contributed by atoms with E-state index in [1.165, 1.54) is 0 Å². The first-order valence-electron chi connectivity index (χ1n) is 9.73. The molecule has 0 spiro atoms. The third-order valence-electron chi connectivity index (χ3n) is 4.25. The highest BCUT2D eigenvalue weighted by atomic mass is 16.5. The molecule has 0 saturated heterocycles. The van der Waals surface area contributed by atoms with Crippen molar-refractivity contribution in [3.8, 4) is 5.75 Å². The first kappa shape index (κ1) is 21.3. The molecule has 0 aliphatic rings. The largest absolute Gasteiger partial charge is 0.494 e. The van der Waals surface area contributed by atoms with Crippen LogP contribution in [0.25, 0.3) is 0 Å². The van der Waals surface area contributed by atoms with Crippen molar-refractivity contribution in [2.75, 3.05) is 36.9 Å². The topological polar surface area (TPSA) is 70.7 Å². The van der Waals surface area contributed by atoms with Gasteiger partial charge in [0.15, 0.2) is 0 Å². The van der Waals surface area contributed by atoms with Crippen LogP contribution in [-0.2, 0) is 4.79 Å². The smallest absolute Gasteiger partial charge is 0.253 e. The van der Waals surface area contributed by atoms with Crippen molar-refractivity contribution < 1.29 is 14.3 Å². The molecule has 0 aliphatic carbocycles. The molecule has 0 aliphatic heterocycles.